The van der Waals surface area contributed by atoms with Crippen molar-refractivity contribution >= 4 is 47.6 Å². The highest BCUT2D eigenvalue weighted by Gasteiger charge is 2.24. The van der Waals surface area contributed by atoms with Crippen LogP contribution in [0.1, 0.15) is 52.4 Å². The van der Waals surface area contributed by atoms with Crippen LogP contribution in [0.3, 0.4) is 0 Å². The van der Waals surface area contributed by atoms with Crippen LogP contribution in [0.4, 0.5) is 0 Å². The van der Waals surface area contributed by atoms with Gasteiger partial charge >= 0.3 is 0 Å². The lowest BCUT2D eigenvalue weighted by Crippen LogP contribution is -2.49. The minimum Gasteiger partial charge on any atom is -0.356 e. The highest BCUT2D eigenvalue weighted by Crippen LogP contribution is 2.24. The van der Waals surface area contributed by atoms with Crippen LogP contribution < -0.4 is 10.6 Å². The van der Waals surface area contributed by atoms with Crippen molar-refractivity contribution in [1.29, 1.82) is 0 Å². The van der Waals surface area contributed by atoms with Gasteiger partial charge in [0.15, 0.2) is 5.96 Å². The zero-order valence-electron chi connectivity index (χ0n) is 15.9. The predicted octanol–water partition coefficient (Wildman–Crippen LogP) is 3.09. The van der Waals surface area contributed by atoms with Gasteiger partial charge in [-0.2, -0.15) is 11.8 Å². The molecule has 2 rings (SSSR count). The lowest BCUT2D eigenvalue weighted by atomic mass is 9.95. The van der Waals surface area contributed by atoms with Crippen LogP contribution in [0.2, 0.25) is 0 Å². The van der Waals surface area contributed by atoms with Gasteiger partial charge in [-0.15, -0.1) is 24.0 Å². The predicted molar refractivity (Wildman–Crippen MR) is 119 cm³/mol. The van der Waals surface area contributed by atoms with E-state index >= 15 is 0 Å². The highest BCUT2D eigenvalue weighted by molar-refractivity contribution is 14.0. The number of thioether (sulfide) groups is 1. The van der Waals surface area contributed by atoms with Gasteiger partial charge in [-0.25, -0.2) is 0 Å². The minimum atomic E-state index is 0. The Labute approximate surface area is 174 Å². The second-order valence-corrected chi connectivity index (χ2v) is 8.57. The molecule has 1 atom stereocenters. The Kier molecular flexibility index (Phi) is 11.2. The number of carbonyl (C=O) groups is 1. The molecule has 0 radical (unpaired) electrons. The van der Waals surface area contributed by atoms with Crippen LogP contribution in [0, 0.1) is 5.92 Å². The van der Waals surface area contributed by atoms with Crippen molar-refractivity contribution in [2.75, 3.05) is 32.4 Å². The van der Waals surface area contributed by atoms with Crippen molar-refractivity contribution in [3.8, 4) is 0 Å². The summed E-state index contributed by atoms with van der Waals surface area (Å²) in [6, 6.07) is 0.400. The second kappa shape index (κ2) is 12.3. The largest absolute Gasteiger partial charge is 0.356 e. The average Bonchev–Trinajstić information content (AvgIpc) is 2.59. The molecule has 146 valence electrons. The molecule has 1 heterocycles. The number of halogens is 1. The maximum atomic E-state index is 12.1. The summed E-state index contributed by atoms with van der Waals surface area (Å²) in [6.45, 7) is 7.29. The van der Waals surface area contributed by atoms with Crippen molar-refractivity contribution < 1.29 is 4.79 Å². The molecule has 0 aromatic heterocycles. The summed E-state index contributed by atoms with van der Waals surface area (Å²) in [6.07, 6.45) is 6.62. The third-order valence-corrected chi connectivity index (χ3v) is 6.49. The van der Waals surface area contributed by atoms with Crippen LogP contribution >= 0.6 is 35.7 Å². The van der Waals surface area contributed by atoms with Gasteiger partial charge in [0.2, 0.25) is 5.91 Å². The minimum absolute atomic E-state index is 0. The Morgan fingerprint density at radius 3 is 2.64 bits per heavy atom. The molecule has 1 aliphatic heterocycles. The Morgan fingerprint density at radius 1 is 1.28 bits per heavy atom. The summed E-state index contributed by atoms with van der Waals surface area (Å²) in [5.74, 6) is 2.92. The monoisotopic (exact) mass is 482 g/mol. The van der Waals surface area contributed by atoms with Gasteiger partial charge in [0.25, 0.3) is 0 Å². The molecule has 1 unspecified atom stereocenters. The van der Waals surface area contributed by atoms with E-state index in [1.807, 2.05) is 7.05 Å². The first-order valence-corrected chi connectivity index (χ1v) is 10.5. The van der Waals surface area contributed by atoms with Crippen molar-refractivity contribution in [3.05, 3.63) is 0 Å². The second-order valence-electron chi connectivity index (χ2n) is 7.23. The van der Waals surface area contributed by atoms with E-state index in [2.05, 4.69) is 46.1 Å². The number of hydrogen-bond donors (Lipinski definition) is 2. The van der Waals surface area contributed by atoms with E-state index < -0.39 is 0 Å². The normalized spacial score (nSPS) is 22.5. The molecule has 0 aromatic carbocycles. The molecule has 1 aliphatic carbocycles. The number of rotatable bonds is 5. The van der Waals surface area contributed by atoms with E-state index in [9.17, 15) is 4.79 Å². The standard InChI is InChI=1S/C18H34N4OS.HI/c1-14(2)16-13-22(11-12-24-16)18(19-3)20-10-9-17(23)21-15-7-5-4-6-8-15;/h14-16H,4-13H2,1-3H3,(H,19,20)(H,21,23);1H. The highest BCUT2D eigenvalue weighted by atomic mass is 127. The molecule has 0 spiro atoms. The maximum Gasteiger partial charge on any atom is 0.221 e. The van der Waals surface area contributed by atoms with Crippen molar-refractivity contribution in [1.82, 2.24) is 15.5 Å². The summed E-state index contributed by atoms with van der Waals surface area (Å²) >= 11 is 2.06. The summed E-state index contributed by atoms with van der Waals surface area (Å²) in [4.78, 5) is 18.8. The molecular formula is C18H35IN4OS. The van der Waals surface area contributed by atoms with E-state index in [1.165, 1.54) is 19.3 Å². The zero-order valence-corrected chi connectivity index (χ0v) is 19.1. The van der Waals surface area contributed by atoms with E-state index in [0.29, 0.717) is 30.2 Å². The SMILES string of the molecule is CN=C(NCCC(=O)NC1CCCCC1)N1CCSC(C(C)C)C1.I. The first-order valence-electron chi connectivity index (χ1n) is 9.46. The van der Waals surface area contributed by atoms with E-state index in [4.69, 9.17) is 0 Å². The van der Waals surface area contributed by atoms with E-state index in [0.717, 1.165) is 37.6 Å². The van der Waals surface area contributed by atoms with Crippen LogP contribution in [-0.2, 0) is 4.79 Å². The fraction of sp³-hybridized carbons (Fsp3) is 0.889. The molecule has 1 amide bonds. The first-order chi connectivity index (χ1) is 11.6. The fourth-order valence-corrected chi connectivity index (χ4v) is 4.74. The van der Waals surface area contributed by atoms with Crippen molar-refractivity contribution in [3.63, 3.8) is 0 Å². The number of nitrogens with zero attached hydrogens (tertiary/aromatic N) is 2. The summed E-state index contributed by atoms with van der Waals surface area (Å²) < 4.78 is 0. The smallest absolute Gasteiger partial charge is 0.221 e. The molecule has 7 heteroatoms. The van der Waals surface area contributed by atoms with E-state index in [1.54, 1.807) is 0 Å². The van der Waals surface area contributed by atoms with Crippen LogP contribution in [-0.4, -0.2) is 60.5 Å². The molecule has 1 saturated carbocycles. The van der Waals surface area contributed by atoms with Crippen molar-refractivity contribution in [2.45, 2.75) is 63.7 Å². The van der Waals surface area contributed by atoms with Gasteiger partial charge in [0.05, 0.1) is 0 Å². The van der Waals surface area contributed by atoms with Gasteiger partial charge in [-0.3, -0.25) is 9.79 Å². The average molecular weight is 482 g/mol. The van der Waals surface area contributed by atoms with Gasteiger partial charge in [0.1, 0.15) is 0 Å². The third-order valence-electron chi connectivity index (χ3n) is 4.95. The molecule has 25 heavy (non-hydrogen) atoms. The Bertz CT molecular complexity index is 427. The van der Waals surface area contributed by atoms with Crippen LogP contribution in [0.15, 0.2) is 4.99 Å². The van der Waals surface area contributed by atoms with Gasteiger partial charge in [-0.05, 0) is 18.8 Å². The topological polar surface area (TPSA) is 56.7 Å². The Morgan fingerprint density at radius 2 is 2.00 bits per heavy atom. The number of guanidine groups is 1. The number of carbonyl (C=O) groups excluding carboxylic acids is 1. The quantitative estimate of drug-likeness (QED) is 0.359. The van der Waals surface area contributed by atoms with Gasteiger partial charge in [-0.1, -0.05) is 33.1 Å². The Balaban J connectivity index is 0.00000312. The molecule has 5 nitrogen and oxygen atoms in total. The molecule has 1 saturated heterocycles. The van der Waals surface area contributed by atoms with Crippen molar-refractivity contribution in [2.24, 2.45) is 10.9 Å². The lowest BCUT2D eigenvalue weighted by Gasteiger charge is -2.36. The number of hydrogen-bond acceptors (Lipinski definition) is 3. The van der Waals surface area contributed by atoms with Gasteiger partial charge in [0, 0.05) is 50.1 Å². The maximum absolute atomic E-state index is 12.1. The molecule has 0 bridgehead atoms. The molecule has 2 fully saturated rings. The summed E-state index contributed by atoms with van der Waals surface area (Å²) in [7, 11) is 1.83. The number of nitrogens with one attached hydrogen (secondary N) is 2. The van der Waals surface area contributed by atoms with Crippen LogP contribution in [0.25, 0.3) is 0 Å². The lowest BCUT2D eigenvalue weighted by molar-refractivity contribution is -0.121. The third kappa shape index (κ3) is 7.93. The molecule has 2 N–H and O–H groups in total. The van der Waals surface area contributed by atoms with E-state index in [-0.39, 0.29) is 29.9 Å². The first kappa shape index (κ1) is 22.9. The molecule has 0 aromatic rings. The molecule has 2 aliphatic rings. The molecular weight excluding hydrogens is 447 g/mol. The number of amides is 1. The Hall–Kier alpha value is -0.180. The fourth-order valence-electron chi connectivity index (χ4n) is 3.44. The number of aliphatic imine (C=N–C) groups is 1. The van der Waals surface area contributed by atoms with Crippen LogP contribution in [0.5, 0.6) is 0 Å². The summed E-state index contributed by atoms with van der Waals surface area (Å²) in [5.41, 5.74) is 0. The summed E-state index contributed by atoms with van der Waals surface area (Å²) in [5, 5.41) is 7.21. The zero-order chi connectivity index (χ0) is 17.4. The van der Waals surface area contributed by atoms with Gasteiger partial charge < -0.3 is 15.5 Å².